The fourth-order valence-corrected chi connectivity index (χ4v) is 3.61. The highest BCUT2D eigenvalue weighted by Gasteiger charge is 2.22. The van der Waals surface area contributed by atoms with Gasteiger partial charge in [-0.25, -0.2) is 0 Å². The zero-order valence-electron chi connectivity index (χ0n) is 12.9. The Morgan fingerprint density at radius 2 is 1.05 bits per heavy atom. The molecule has 2 rings (SSSR count). The van der Waals surface area contributed by atoms with Crippen molar-refractivity contribution in [3.05, 3.63) is 57.6 Å². The van der Waals surface area contributed by atoms with Crippen molar-refractivity contribution in [2.24, 2.45) is 0 Å². The zero-order chi connectivity index (χ0) is 15.7. The first-order chi connectivity index (χ1) is 9.85. The van der Waals surface area contributed by atoms with E-state index >= 15 is 0 Å². The molecule has 0 radical (unpaired) electrons. The van der Waals surface area contributed by atoms with Crippen LogP contribution < -0.4 is 0 Å². The van der Waals surface area contributed by atoms with Gasteiger partial charge < -0.3 is 10.2 Å². The third-order valence-electron chi connectivity index (χ3n) is 4.01. The SMILES string of the molecule is Cc1cc(O)cc(C)c1C(CCl)c1c(C)cc(O)cc1C. The fraction of sp³-hybridized carbons (Fsp3) is 0.333. The second-order valence-corrected chi connectivity index (χ2v) is 6.00. The van der Waals surface area contributed by atoms with Crippen LogP contribution in [0.2, 0.25) is 0 Å². The molecule has 112 valence electrons. The van der Waals surface area contributed by atoms with Crippen LogP contribution in [0, 0.1) is 27.7 Å². The minimum absolute atomic E-state index is 0.0490. The molecular formula is C18H21ClO2. The molecule has 0 heterocycles. The van der Waals surface area contributed by atoms with Crippen molar-refractivity contribution in [3.63, 3.8) is 0 Å². The highest BCUT2D eigenvalue weighted by molar-refractivity contribution is 6.18. The fourth-order valence-electron chi connectivity index (χ4n) is 3.30. The Bertz CT molecular complexity index is 573. The zero-order valence-corrected chi connectivity index (χ0v) is 13.6. The molecule has 0 spiro atoms. The van der Waals surface area contributed by atoms with Crippen molar-refractivity contribution in [1.29, 1.82) is 0 Å². The van der Waals surface area contributed by atoms with Crippen LogP contribution in [-0.4, -0.2) is 16.1 Å². The van der Waals surface area contributed by atoms with Gasteiger partial charge in [0.05, 0.1) is 0 Å². The van der Waals surface area contributed by atoms with E-state index < -0.39 is 0 Å². The summed E-state index contributed by atoms with van der Waals surface area (Å²) < 4.78 is 0. The van der Waals surface area contributed by atoms with Crippen molar-refractivity contribution in [2.75, 3.05) is 5.88 Å². The van der Waals surface area contributed by atoms with Crippen LogP contribution in [0.5, 0.6) is 11.5 Å². The van der Waals surface area contributed by atoms with Crippen LogP contribution in [0.1, 0.15) is 39.3 Å². The summed E-state index contributed by atoms with van der Waals surface area (Å²) in [6.07, 6.45) is 0. The first-order valence-electron chi connectivity index (χ1n) is 7.01. The number of rotatable bonds is 3. The normalized spacial score (nSPS) is 11.1. The van der Waals surface area contributed by atoms with E-state index in [1.165, 1.54) is 0 Å². The van der Waals surface area contributed by atoms with Crippen molar-refractivity contribution in [3.8, 4) is 11.5 Å². The van der Waals surface area contributed by atoms with Crippen LogP contribution in [0.3, 0.4) is 0 Å². The number of hydrogen-bond acceptors (Lipinski definition) is 2. The van der Waals surface area contributed by atoms with E-state index in [0.717, 1.165) is 33.4 Å². The van der Waals surface area contributed by atoms with Gasteiger partial charge in [0.25, 0.3) is 0 Å². The summed E-state index contributed by atoms with van der Waals surface area (Å²) >= 11 is 6.28. The lowest BCUT2D eigenvalue weighted by atomic mass is 9.82. The van der Waals surface area contributed by atoms with Crippen molar-refractivity contribution in [2.45, 2.75) is 33.6 Å². The molecular weight excluding hydrogens is 284 g/mol. The summed E-state index contributed by atoms with van der Waals surface area (Å²) in [7, 11) is 0. The maximum absolute atomic E-state index is 9.72. The van der Waals surface area contributed by atoms with Crippen LogP contribution in [0.15, 0.2) is 24.3 Å². The molecule has 0 saturated heterocycles. The lowest BCUT2D eigenvalue weighted by Gasteiger charge is -2.24. The molecule has 0 fully saturated rings. The van der Waals surface area contributed by atoms with E-state index in [1.54, 1.807) is 24.3 Å². The molecule has 0 atom stereocenters. The molecule has 0 amide bonds. The number of aryl methyl sites for hydroxylation is 4. The molecule has 3 heteroatoms. The van der Waals surface area contributed by atoms with E-state index in [4.69, 9.17) is 11.6 Å². The lowest BCUT2D eigenvalue weighted by molar-refractivity contribution is 0.474. The number of aromatic hydroxyl groups is 2. The summed E-state index contributed by atoms with van der Waals surface area (Å²) in [4.78, 5) is 0. The van der Waals surface area contributed by atoms with E-state index in [9.17, 15) is 10.2 Å². The van der Waals surface area contributed by atoms with E-state index in [1.807, 2.05) is 27.7 Å². The standard InChI is InChI=1S/C18H21ClO2/c1-10-5-14(20)6-11(2)17(10)16(9-19)18-12(3)7-15(21)8-13(18)4/h5-8,16,20-21H,9H2,1-4H3. The van der Waals surface area contributed by atoms with E-state index in [0.29, 0.717) is 5.88 Å². The summed E-state index contributed by atoms with van der Waals surface area (Å²) in [6.45, 7) is 7.97. The maximum atomic E-state index is 9.72. The highest BCUT2D eigenvalue weighted by Crippen LogP contribution is 2.37. The average Bonchev–Trinajstić information content (AvgIpc) is 2.34. The van der Waals surface area contributed by atoms with E-state index in [-0.39, 0.29) is 17.4 Å². The Labute approximate surface area is 131 Å². The summed E-state index contributed by atoms with van der Waals surface area (Å²) in [6, 6.07) is 7.08. The Morgan fingerprint density at radius 1 is 0.762 bits per heavy atom. The molecule has 0 aliphatic carbocycles. The molecule has 21 heavy (non-hydrogen) atoms. The van der Waals surface area contributed by atoms with Gasteiger partial charge in [-0.15, -0.1) is 11.6 Å². The highest BCUT2D eigenvalue weighted by atomic mass is 35.5. The minimum Gasteiger partial charge on any atom is -0.508 e. The lowest BCUT2D eigenvalue weighted by Crippen LogP contribution is -2.10. The van der Waals surface area contributed by atoms with Crippen LogP contribution in [0.4, 0.5) is 0 Å². The first kappa shape index (κ1) is 15.7. The summed E-state index contributed by atoms with van der Waals surface area (Å²) in [5.74, 6) is 1.06. The van der Waals surface area contributed by atoms with Crippen LogP contribution in [0.25, 0.3) is 0 Å². The second-order valence-electron chi connectivity index (χ2n) is 5.69. The van der Waals surface area contributed by atoms with Gasteiger partial charge in [-0.2, -0.15) is 0 Å². The Kier molecular flexibility index (Phi) is 4.48. The number of phenols is 2. The van der Waals surface area contributed by atoms with Gasteiger partial charge in [-0.1, -0.05) is 0 Å². The van der Waals surface area contributed by atoms with Crippen LogP contribution in [-0.2, 0) is 0 Å². The van der Waals surface area contributed by atoms with Gasteiger partial charge in [-0.05, 0) is 85.3 Å². The molecule has 0 bridgehead atoms. The van der Waals surface area contributed by atoms with Gasteiger partial charge in [0.15, 0.2) is 0 Å². The molecule has 0 aliphatic rings. The molecule has 0 unspecified atom stereocenters. The summed E-state index contributed by atoms with van der Waals surface area (Å²) in [5.41, 5.74) is 6.43. The second kappa shape index (κ2) is 5.98. The smallest absolute Gasteiger partial charge is 0.116 e. The minimum atomic E-state index is 0.0490. The molecule has 0 aromatic heterocycles. The van der Waals surface area contributed by atoms with Crippen LogP contribution >= 0.6 is 11.6 Å². The molecule has 2 N–H and O–H groups in total. The van der Waals surface area contributed by atoms with Gasteiger partial charge >= 0.3 is 0 Å². The van der Waals surface area contributed by atoms with Crippen molar-refractivity contribution < 1.29 is 10.2 Å². The van der Waals surface area contributed by atoms with Gasteiger partial charge in [-0.3, -0.25) is 0 Å². The Balaban J connectivity index is 2.66. The summed E-state index contributed by atoms with van der Waals surface area (Å²) in [5, 5.41) is 19.4. The Hall–Kier alpha value is -1.67. The maximum Gasteiger partial charge on any atom is 0.116 e. The molecule has 2 aromatic carbocycles. The predicted octanol–water partition coefficient (Wildman–Crippen LogP) is 4.70. The first-order valence-corrected chi connectivity index (χ1v) is 7.54. The van der Waals surface area contributed by atoms with Gasteiger partial charge in [0, 0.05) is 11.8 Å². The number of alkyl halides is 1. The average molecular weight is 305 g/mol. The third kappa shape index (κ3) is 3.01. The monoisotopic (exact) mass is 304 g/mol. The molecule has 2 nitrogen and oxygen atoms in total. The topological polar surface area (TPSA) is 40.5 Å². The number of benzene rings is 2. The number of halogens is 1. The third-order valence-corrected chi connectivity index (χ3v) is 4.32. The number of hydrogen-bond donors (Lipinski definition) is 2. The van der Waals surface area contributed by atoms with Gasteiger partial charge in [0.2, 0.25) is 0 Å². The molecule has 0 saturated carbocycles. The molecule has 0 aliphatic heterocycles. The van der Waals surface area contributed by atoms with Crippen molar-refractivity contribution >= 4 is 11.6 Å². The van der Waals surface area contributed by atoms with Gasteiger partial charge in [0.1, 0.15) is 11.5 Å². The van der Waals surface area contributed by atoms with E-state index in [2.05, 4.69) is 0 Å². The molecule has 2 aromatic rings. The Morgan fingerprint density at radius 3 is 1.29 bits per heavy atom. The van der Waals surface area contributed by atoms with Crippen molar-refractivity contribution in [1.82, 2.24) is 0 Å². The quantitative estimate of drug-likeness (QED) is 0.807. The predicted molar refractivity (Wildman–Crippen MR) is 87.7 cm³/mol. The largest absolute Gasteiger partial charge is 0.508 e. The number of phenolic OH excluding ortho intramolecular Hbond substituents is 2.